The second-order valence-corrected chi connectivity index (χ2v) is 9.24. The van der Waals surface area contributed by atoms with Crippen LogP contribution in [0.4, 0.5) is 9.18 Å². The summed E-state index contributed by atoms with van der Waals surface area (Å²) in [6.45, 7) is 7.45. The molecule has 1 aromatic heterocycles. The summed E-state index contributed by atoms with van der Waals surface area (Å²) in [5.74, 6) is 0.217. The molecule has 0 bridgehead atoms. The number of carbonyl (C=O) groups is 1. The van der Waals surface area contributed by atoms with Gasteiger partial charge < -0.3 is 19.7 Å². The average molecular weight is 455 g/mol. The van der Waals surface area contributed by atoms with E-state index in [0.29, 0.717) is 5.92 Å². The summed E-state index contributed by atoms with van der Waals surface area (Å²) >= 11 is 6.39. The quantitative estimate of drug-likeness (QED) is 0.593. The summed E-state index contributed by atoms with van der Waals surface area (Å²) < 4.78 is 15.8. The van der Waals surface area contributed by atoms with E-state index in [1.54, 1.807) is 0 Å². The topological polar surface area (TPSA) is 40.5 Å². The minimum absolute atomic E-state index is 0.0565. The minimum atomic E-state index is -0.232. The molecule has 0 saturated carbocycles. The van der Waals surface area contributed by atoms with Gasteiger partial charge in [-0.3, -0.25) is 0 Å². The van der Waals surface area contributed by atoms with E-state index >= 15 is 0 Å². The number of amides is 2. The number of rotatable bonds is 5. The van der Waals surface area contributed by atoms with Crippen molar-refractivity contribution >= 4 is 28.5 Å². The molecule has 32 heavy (non-hydrogen) atoms. The average Bonchev–Trinajstić information content (AvgIpc) is 3.33. The maximum Gasteiger partial charge on any atom is 0.317 e. The number of nitrogens with zero attached hydrogens (tertiary/aromatic N) is 3. The van der Waals surface area contributed by atoms with Crippen LogP contribution in [0.25, 0.3) is 16.6 Å². The molecule has 168 valence electrons. The van der Waals surface area contributed by atoms with Gasteiger partial charge in [0.2, 0.25) is 0 Å². The normalized spacial score (nSPS) is 18.0. The monoisotopic (exact) mass is 454 g/mol. The van der Waals surface area contributed by atoms with Crippen LogP contribution in [-0.2, 0) is 0 Å². The molecule has 0 aliphatic carbocycles. The minimum Gasteiger partial charge on any atom is -0.336 e. The molecule has 2 aliphatic heterocycles. The van der Waals surface area contributed by atoms with Crippen molar-refractivity contribution in [3.05, 3.63) is 64.6 Å². The number of halogens is 2. The van der Waals surface area contributed by atoms with Crippen molar-refractivity contribution in [1.82, 2.24) is 19.7 Å². The third-order valence-electron chi connectivity index (χ3n) is 6.93. The highest BCUT2D eigenvalue weighted by molar-refractivity contribution is 6.31. The van der Waals surface area contributed by atoms with Crippen LogP contribution in [0, 0.1) is 12.7 Å². The van der Waals surface area contributed by atoms with E-state index in [-0.39, 0.29) is 11.8 Å². The zero-order chi connectivity index (χ0) is 22.2. The van der Waals surface area contributed by atoms with Crippen LogP contribution in [0.1, 0.15) is 30.0 Å². The first-order chi connectivity index (χ1) is 15.5. The lowest BCUT2D eigenvalue weighted by atomic mass is 9.87. The van der Waals surface area contributed by atoms with Gasteiger partial charge in [-0.1, -0.05) is 11.6 Å². The zero-order valence-corrected chi connectivity index (χ0v) is 19.0. The van der Waals surface area contributed by atoms with E-state index < -0.39 is 0 Å². The van der Waals surface area contributed by atoms with Crippen LogP contribution in [-0.4, -0.2) is 59.7 Å². The number of carbonyl (C=O) groups excluding carboxylic acids is 1. The Hall–Kier alpha value is -2.57. The van der Waals surface area contributed by atoms with Crippen LogP contribution in [0.3, 0.4) is 0 Å². The maximum atomic E-state index is 13.5. The van der Waals surface area contributed by atoms with Crippen LogP contribution >= 0.6 is 11.6 Å². The SMILES string of the molecule is Cc1c(C2CCN(CCN3CCNC3=O)CC2)c2cc(Cl)ccc2n1-c1ccc(F)cc1. The van der Waals surface area contributed by atoms with E-state index in [0.717, 1.165) is 68.3 Å². The molecule has 5 nitrogen and oxygen atoms in total. The summed E-state index contributed by atoms with van der Waals surface area (Å²) in [5, 5.41) is 4.79. The van der Waals surface area contributed by atoms with Crippen molar-refractivity contribution < 1.29 is 9.18 Å². The smallest absolute Gasteiger partial charge is 0.317 e. The number of benzene rings is 2. The van der Waals surface area contributed by atoms with Crippen LogP contribution in [0.15, 0.2) is 42.5 Å². The third kappa shape index (κ3) is 3.97. The van der Waals surface area contributed by atoms with Gasteiger partial charge in [0, 0.05) is 48.0 Å². The highest BCUT2D eigenvalue weighted by Crippen LogP contribution is 2.39. The fourth-order valence-electron chi connectivity index (χ4n) is 5.29. The third-order valence-corrected chi connectivity index (χ3v) is 7.16. The largest absolute Gasteiger partial charge is 0.336 e. The van der Waals surface area contributed by atoms with Crippen LogP contribution < -0.4 is 5.32 Å². The van der Waals surface area contributed by atoms with Gasteiger partial charge in [-0.2, -0.15) is 0 Å². The van der Waals surface area contributed by atoms with E-state index in [1.807, 2.05) is 23.1 Å². The molecule has 3 heterocycles. The molecule has 2 saturated heterocycles. The Balaban J connectivity index is 1.38. The molecule has 0 spiro atoms. The maximum absolute atomic E-state index is 13.5. The van der Waals surface area contributed by atoms with Crippen molar-refractivity contribution in [2.75, 3.05) is 39.3 Å². The highest BCUT2D eigenvalue weighted by atomic mass is 35.5. The number of aromatic nitrogens is 1. The molecule has 2 amide bonds. The molecule has 2 aliphatic rings. The standard InChI is InChI=1S/C25H28ClFN4O/c1-17-24(18-8-11-29(12-9-18)14-15-30-13-10-28-25(30)32)22-16-19(26)2-7-23(22)31(17)21-5-3-20(27)4-6-21/h2-7,16,18H,8-15H2,1H3,(H,28,32). The fourth-order valence-corrected chi connectivity index (χ4v) is 5.46. The molecule has 0 unspecified atom stereocenters. The van der Waals surface area contributed by atoms with Crippen molar-refractivity contribution in [1.29, 1.82) is 0 Å². The summed E-state index contributed by atoms with van der Waals surface area (Å²) in [6, 6.07) is 12.8. The van der Waals surface area contributed by atoms with Gasteiger partial charge in [-0.15, -0.1) is 0 Å². The Bertz CT molecular complexity index is 1140. The van der Waals surface area contributed by atoms with E-state index in [1.165, 1.54) is 28.8 Å². The molecule has 3 aromatic rings. The molecular weight excluding hydrogens is 427 g/mol. The lowest BCUT2D eigenvalue weighted by Crippen LogP contribution is -2.40. The number of piperidine rings is 1. The molecule has 7 heteroatoms. The van der Waals surface area contributed by atoms with E-state index in [4.69, 9.17) is 11.6 Å². The van der Waals surface area contributed by atoms with Gasteiger partial charge in [0.25, 0.3) is 0 Å². The number of fused-ring (bicyclic) bond motifs is 1. The van der Waals surface area contributed by atoms with Gasteiger partial charge in [0.1, 0.15) is 5.82 Å². The summed E-state index contributed by atoms with van der Waals surface area (Å²) in [5.41, 5.74) is 4.62. The second kappa shape index (κ2) is 8.75. The predicted octanol–water partition coefficient (Wildman–Crippen LogP) is 4.94. The van der Waals surface area contributed by atoms with Crippen molar-refractivity contribution in [3.63, 3.8) is 0 Å². The second-order valence-electron chi connectivity index (χ2n) is 8.81. The van der Waals surface area contributed by atoms with Gasteiger partial charge >= 0.3 is 6.03 Å². The molecular formula is C25H28ClFN4O. The van der Waals surface area contributed by atoms with Gasteiger partial charge in [0.05, 0.1) is 5.52 Å². The lowest BCUT2D eigenvalue weighted by molar-refractivity contribution is 0.181. The van der Waals surface area contributed by atoms with Gasteiger partial charge in [-0.25, -0.2) is 9.18 Å². The number of hydrogen-bond acceptors (Lipinski definition) is 2. The number of hydrogen-bond donors (Lipinski definition) is 1. The molecule has 0 radical (unpaired) electrons. The Morgan fingerprint density at radius 2 is 1.81 bits per heavy atom. The number of likely N-dealkylation sites (tertiary alicyclic amines) is 1. The van der Waals surface area contributed by atoms with Gasteiger partial charge in [-0.05, 0) is 86.8 Å². The molecule has 2 aromatic carbocycles. The summed E-state index contributed by atoms with van der Waals surface area (Å²) in [7, 11) is 0. The number of nitrogens with one attached hydrogen (secondary N) is 1. The highest BCUT2D eigenvalue weighted by Gasteiger charge is 2.27. The molecule has 2 fully saturated rings. The zero-order valence-electron chi connectivity index (χ0n) is 18.3. The first-order valence-corrected chi connectivity index (χ1v) is 11.7. The number of urea groups is 1. The molecule has 5 rings (SSSR count). The Morgan fingerprint density at radius 1 is 1.06 bits per heavy atom. The van der Waals surface area contributed by atoms with Gasteiger partial charge in [0.15, 0.2) is 0 Å². The summed E-state index contributed by atoms with van der Waals surface area (Å²) in [6.07, 6.45) is 2.14. The predicted molar refractivity (Wildman–Crippen MR) is 126 cm³/mol. The Labute approximate surface area is 192 Å². The van der Waals surface area contributed by atoms with E-state index in [9.17, 15) is 9.18 Å². The van der Waals surface area contributed by atoms with Crippen LogP contribution in [0.2, 0.25) is 5.02 Å². The van der Waals surface area contributed by atoms with Crippen molar-refractivity contribution in [2.24, 2.45) is 0 Å². The van der Waals surface area contributed by atoms with Crippen LogP contribution in [0.5, 0.6) is 0 Å². The fraction of sp³-hybridized carbons (Fsp3) is 0.400. The van der Waals surface area contributed by atoms with Crippen molar-refractivity contribution in [3.8, 4) is 5.69 Å². The first kappa shape index (κ1) is 21.3. The van der Waals surface area contributed by atoms with Crippen molar-refractivity contribution in [2.45, 2.75) is 25.7 Å². The Kier molecular flexibility index (Phi) is 5.82. The molecule has 0 atom stereocenters. The lowest BCUT2D eigenvalue weighted by Gasteiger charge is -2.33. The first-order valence-electron chi connectivity index (χ1n) is 11.3. The Morgan fingerprint density at radius 3 is 2.50 bits per heavy atom. The van der Waals surface area contributed by atoms with E-state index in [2.05, 4.69) is 33.8 Å². The summed E-state index contributed by atoms with van der Waals surface area (Å²) in [4.78, 5) is 16.1. The molecule has 1 N–H and O–H groups in total.